The first-order chi connectivity index (χ1) is 18.5. The summed E-state index contributed by atoms with van der Waals surface area (Å²) in [5, 5.41) is 11.3. The zero-order valence-corrected chi connectivity index (χ0v) is 22.0. The summed E-state index contributed by atoms with van der Waals surface area (Å²) in [6, 6.07) is 25.0. The Labute approximate surface area is 222 Å². The van der Waals surface area contributed by atoms with Crippen LogP contribution in [0.25, 0.3) is 22.0 Å². The zero-order valence-electron chi connectivity index (χ0n) is 22.0. The van der Waals surface area contributed by atoms with Crippen molar-refractivity contribution in [1.29, 1.82) is 0 Å². The van der Waals surface area contributed by atoms with E-state index in [1.807, 2.05) is 24.4 Å². The standard InChI is InChI=1S/C31H33FN4O2/c1-4-27(22-8-6-5-7-9-22)30(24-12-15-29-25(20-24)21-34-35-29)23-10-13-26(14-11-23)38-19-18-33-17-16-28(32)31(37)36(2)3/h5-16,20-21,33H,4,17-19H2,1-3H3,(H,34,35). The maximum atomic E-state index is 13.7. The van der Waals surface area contributed by atoms with Crippen molar-refractivity contribution in [2.24, 2.45) is 0 Å². The second-order valence-corrected chi connectivity index (χ2v) is 9.07. The number of aromatic nitrogens is 2. The van der Waals surface area contributed by atoms with Crippen molar-refractivity contribution in [3.8, 4) is 5.75 Å². The summed E-state index contributed by atoms with van der Waals surface area (Å²) < 4.78 is 19.6. The maximum Gasteiger partial charge on any atom is 0.281 e. The Bertz CT molecular complexity index is 1420. The SMILES string of the molecule is CCC(=C(c1ccc(OCCNCC=C(F)C(=O)N(C)C)cc1)c1ccc2[nH]ncc2c1)c1ccccc1. The lowest BCUT2D eigenvalue weighted by Crippen LogP contribution is -2.24. The Morgan fingerprint density at radius 1 is 1.03 bits per heavy atom. The molecule has 0 radical (unpaired) electrons. The third-order valence-corrected chi connectivity index (χ3v) is 6.23. The summed E-state index contributed by atoms with van der Waals surface area (Å²) in [5.41, 5.74) is 6.87. The lowest BCUT2D eigenvalue weighted by Gasteiger charge is -2.17. The molecular formula is C31H33FN4O2. The first-order valence-electron chi connectivity index (χ1n) is 12.7. The number of carbonyl (C=O) groups is 1. The fraction of sp³-hybridized carbons (Fsp3) is 0.226. The highest BCUT2D eigenvalue weighted by Crippen LogP contribution is 2.36. The second-order valence-electron chi connectivity index (χ2n) is 9.07. The number of aromatic amines is 1. The van der Waals surface area contributed by atoms with E-state index in [9.17, 15) is 9.18 Å². The minimum absolute atomic E-state index is 0.252. The Morgan fingerprint density at radius 2 is 1.76 bits per heavy atom. The number of amides is 1. The van der Waals surface area contributed by atoms with Crippen molar-refractivity contribution in [3.63, 3.8) is 0 Å². The van der Waals surface area contributed by atoms with Gasteiger partial charge in [0.25, 0.3) is 5.91 Å². The highest BCUT2D eigenvalue weighted by atomic mass is 19.1. The molecule has 4 aromatic rings. The topological polar surface area (TPSA) is 70.2 Å². The summed E-state index contributed by atoms with van der Waals surface area (Å²) in [6.07, 6.45) is 3.96. The number of hydrogen-bond donors (Lipinski definition) is 2. The highest BCUT2D eigenvalue weighted by Gasteiger charge is 2.14. The number of hydrogen-bond acceptors (Lipinski definition) is 4. The largest absolute Gasteiger partial charge is 0.492 e. The maximum absolute atomic E-state index is 13.7. The molecule has 1 heterocycles. The predicted molar refractivity (Wildman–Crippen MR) is 151 cm³/mol. The number of fused-ring (bicyclic) bond motifs is 1. The second kappa shape index (κ2) is 12.8. The molecule has 0 unspecified atom stereocenters. The third kappa shape index (κ3) is 6.55. The molecule has 4 rings (SSSR count). The van der Waals surface area contributed by atoms with E-state index >= 15 is 0 Å². The molecular weight excluding hydrogens is 479 g/mol. The molecule has 0 saturated heterocycles. The minimum atomic E-state index is -0.767. The Morgan fingerprint density at radius 3 is 2.47 bits per heavy atom. The van der Waals surface area contributed by atoms with Gasteiger partial charge in [-0.15, -0.1) is 0 Å². The molecule has 0 saturated carbocycles. The number of allylic oxidation sites excluding steroid dienone is 1. The van der Waals surface area contributed by atoms with Crippen LogP contribution in [-0.4, -0.2) is 54.8 Å². The van der Waals surface area contributed by atoms with Crippen molar-refractivity contribution in [2.45, 2.75) is 13.3 Å². The summed E-state index contributed by atoms with van der Waals surface area (Å²) in [6.45, 7) is 3.37. The number of halogens is 1. The van der Waals surface area contributed by atoms with Gasteiger partial charge in [0, 0.05) is 32.6 Å². The lowest BCUT2D eigenvalue weighted by molar-refractivity contribution is -0.126. The number of carbonyl (C=O) groups excluding carboxylic acids is 1. The average Bonchev–Trinajstić information content (AvgIpc) is 3.42. The molecule has 38 heavy (non-hydrogen) atoms. The van der Waals surface area contributed by atoms with Crippen LogP contribution >= 0.6 is 0 Å². The van der Waals surface area contributed by atoms with Gasteiger partial charge in [0.1, 0.15) is 12.4 Å². The van der Waals surface area contributed by atoms with Crippen LogP contribution in [0.5, 0.6) is 5.75 Å². The molecule has 7 heteroatoms. The molecule has 1 amide bonds. The van der Waals surface area contributed by atoms with E-state index in [2.05, 4.69) is 77.0 Å². The number of ether oxygens (including phenoxy) is 1. The number of nitrogens with zero attached hydrogens (tertiary/aromatic N) is 2. The molecule has 6 nitrogen and oxygen atoms in total. The van der Waals surface area contributed by atoms with E-state index in [1.165, 1.54) is 41.8 Å². The van der Waals surface area contributed by atoms with Gasteiger partial charge in [-0.3, -0.25) is 9.89 Å². The smallest absolute Gasteiger partial charge is 0.281 e. The van der Waals surface area contributed by atoms with Gasteiger partial charge in [-0.25, -0.2) is 4.39 Å². The van der Waals surface area contributed by atoms with Crippen molar-refractivity contribution in [1.82, 2.24) is 20.4 Å². The third-order valence-electron chi connectivity index (χ3n) is 6.23. The molecule has 0 bridgehead atoms. The summed E-state index contributed by atoms with van der Waals surface area (Å²) in [4.78, 5) is 12.7. The molecule has 0 aliphatic rings. The fourth-order valence-electron chi connectivity index (χ4n) is 4.30. The number of H-pyrrole nitrogens is 1. The molecule has 1 aromatic heterocycles. The van der Waals surface area contributed by atoms with Crippen LogP contribution in [0, 0.1) is 0 Å². The van der Waals surface area contributed by atoms with Crippen LogP contribution in [0.15, 0.2) is 90.9 Å². The number of rotatable bonds is 11. The molecule has 0 aliphatic carbocycles. The van der Waals surface area contributed by atoms with Gasteiger partial charge in [0.15, 0.2) is 5.83 Å². The van der Waals surface area contributed by atoms with Gasteiger partial charge in [-0.05, 0) is 64.6 Å². The Hall–Kier alpha value is -4.23. The normalized spacial score (nSPS) is 12.4. The molecule has 0 fully saturated rings. The first-order valence-corrected chi connectivity index (χ1v) is 12.7. The van der Waals surface area contributed by atoms with Crippen molar-refractivity contribution in [3.05, 3.63) is 108 Å². The van der Waals surface area contributed by atoms with Crippen molar-refractivity contribution < 1.29 is 13.9 Å². The van der Waals surface area contributed by atoms with Gasteiger partial charge in [0.2, 0.25) is 0 Å². The van der Waals surface area contributed by atoms with Gasteiger partial charge in [-0.2, -0.15) is 5.10 Å². The number of likely N-dealkylation sites (N-methyl/N-ethyl adjacent to an activating group) is 1. The van der Waals surface area contributed by atoms with E-state index in [0.717, 1.165) is 34.2 Å². The van der Waals surface area contributed by atoms with Crippen LogP contribution in [0.3, 0.4) is 0 Å². The van der Waals surface area contributed by atoms with Crippen LogP contribution < -0.4 is 10.1 Å². The number of nitrogens with one attached hydrogen (secondary N) is 2. The first kappa shape index (κ1) is 26.8. The van der Waals surface area contributed by atoms with Crippen molar-refractivity contribution in [2.75, 3.05) is 33.8 Å². The van der Waals surface area contributed by atoms with Crippen LogP contribution in [-0.2, 0) is 4.79 Å². The van der Waals surface area contributed by atoms with E-state index < -0.39 is 11.7 Å². The van der Waals surface area contributed by atoms with Gasteiger partial charge in [0.05, 0.1) is 11.7 Å². The molecule has 2 N–H and O–H groups in total. The van der Waals surface area contributed by atoms with E-state index in [0.29, 0.717) is 13.2 Å². The van der Waals surface area contributed by atoms with Gasteiger partial charge in [-0.1, -0.05) is 55.5 Å². The van der Waals surface area contributed by atoms with Crippen LogP contribution in [0.2, 0.25) is 0 Å². The summed E-state index contributed by atoms with van der Waals surface area (Å²) in [7, 11) is 3.04. The minimum Gasteiger partial charge on any atom is -0.492 e. The molecule has 0 aliphatic heterocycles. The predicted octanol–water partition coefficient (Wildman–Crippen LogP) is 5.84. The molecule has 0 atom stereocenters. The summed E-state index contributed by atoms with van der Waals surface area (Å²) in [5.74, 6) is -0.654. The van der Waals surface area contributed by atoms with E-state index in [1.54, 1.807) is 0 Å². The van der Waals surface area contributed by atoms with Crippen LogP contribution in [0.1, 0.15) is 30.0 Å². The highest BCUT2D eigenvalue weighted by molar-refractivity contribution is 6.00. The molecule has 196 valence electrons. The summed E-state index contributed by atoms with van der Waals surface area (Å²) >= 11 is 0. The fourth-order valence-corrected chi connectivity index (χ4v) is 4.30. The number of benzene rings is 3. The van der Waals surface area contributed by atoms with Gasteiger partial charge >= 0.3 is 0 Å². The average molecular weight is 513 g/mol. The van der Waals surface area contributed by atoms with E-state index in [-0.39, 0.29) is 6.54 Å². The monoisotopic (exact) mass is 512 g/mol. The lowest BCUT2D eigenvalue weighted by atomic mass is 9.88. The quantitative estimate of drug-likeness (QED) is 0.150. The van der Waals surface area contributed by atoms with Gasteiger partial charge < -0.3 is 15.0 Å². The molecule has 0 spiro atoms. The zero-order chi connectivity index (χ0) is 26.9. The Kier molecular flexibility index (Phi) is 9.06. The van der Waals surface area contributed by atoms with E-state index in [4.69, 9.17) is 4.74 Å². The Balaban J connectivity index is 1.49. The van der Waals surface area contributed by atoms with Crippen molar-refractivity contribution >= 4 is 28.0 Å². The van der Waals surface area contributed by atoms with Crippen LogP contribution in [0.4, 0.5) is 4.39 Å². The molecule has 3 aromatic carbocycles.